The van der Waals surface area contributed by atoms with Crippen molar-refractivity contribution in [3.8, 4) is 0 Å². The zero-order valence-electron chi connectivity index (χ0n) is 15.5. The van der Waals surface area contributed by atoms with E-state index >= 15 is 0 Å². The molecule has 5 heteroatoms. The number of fused-ring (bicyclic) bond motifs is 1. The van der Waals surface area contributed by atoms with Crippen LogP contribution in [0.2, 0.25) is 0 Å². The van der Waals surface area contributed by atoms with Crippen LogP contribution in [0.5, 0.6) is 0 Å². The van der Waals surface area contributed by atoms with E-state index in [9.17, 15) is 14.4 Å². The van der Waals surface area contributed by atoms with Crippen LogP contribution in [-0.2, 0) is 16.0 Å². The van der Waals surface area contributed by atoms with Gasteiger partial charge in [0.1, 0.15) is 0 Å². The highest BCUT2D eigenvalue weighted by molar-refractivity contribution is 6.22. The third-order valence-electron chi connectivity index (χ3n) is 5.44. The van der Waals surface area contributed by atoms with Gasteiger partial charge in [-0.2, -0.15) is 0 Å². The first-order valence-electron chi connectivity index (χ1n) is 9.60. The lowest BCUT2D eigenvalue weighted by atomic mass is 9.85. The highest BCUT2D eigenvalue weighted by atomic mass is 16.2. The Kier molecular flexibility index (Phi) is 5.06. The number of anilines is 1. The van der Waals surface area contributed by atoms with Gasteiger partial charge >= 0.3 is 0 Å². The van der Waals surface area contributed by atoms with Gasteiger partial charge in [0.05, 0.1) is 17.5 Å². The molecule has 2 atom stereocenters. The van der Waals surface area contributed by atoms with Crippen LogP contribution in [0.25, 0.3) is 0 Å². The maximum atomic E-state index is 12.6. The van der Waals surface area contributed by atoms with Gasteiger partial charge in [0, 0.05) is 12.1 Å². The van der Waals surface area contributed by atoms with Crippen LogP contribution in [0.3, 0.4) is 0 Å². The molecule has 28 heavy (non-hydrogen) atoms. The van der Waals surface area contributed by atoms with Gasteiger partial charge in [-0.15, -0.1) is 0 Å². The molecule has 2 aliphatic rings. The normalized spacial score (nSPS) is 20.9. The molecule has 2 aromatic carbocycles. The van der Waals surface area contributed by atoms with E-state index < -0.39 is 0 Å². The van der Waals surface area contributed by atoms with Gasteiger partial charge in [0.2, 0.25) is 11.8 Å². The summed E-state index contributed by atoms with van der Waals surface area (Å²) < 4.78 is 0. The summed E-state index contributed by atoms with van der Waals surface area (Å²) in [6.45, 7) is 0.546. The van der Waals surface area contributed by atoms with Crippen molar-refractivity contribution in [2.24, 2.45) is 11.8 Å². The lowest BCUT2D eigenvalue weighted by Gasteiger charge is -2.15. The first-order valence-corrected chi connectivity index (χ1v) is 9.60. The summed E-state index contributed by atoms with van der Waals surface area (Å²) in [6, 6.07) is 16.6. The number of rotatable bonds is 5. The van der Waals surface area contributed by atoms with E-state index in [1.165, 1.54) is 10.5 Å². The molecule has 3 amide bonds. The van der Waals surface area contributed by atoms with Gasteiger partial charge < -0.3 is 5.32 Å². The van der Waals surface area contributed by atoms with Gasteiger partial charge in [-0.1, -0.05) is 42.5 Å². The van der Waals surface area contributed by atoms with Crippen molar-refractivity contribution in [2.75, 3.05) is 11.4 Å². The Balaban J connectivity index is 1.39. The number of amides is 3. The zero-order chi connectivity index (χ0) is 19.5. The number of hydrogen-bond donors (Lipinski definition) is 1. The average molecular weight is 374 g/mol. The SMILES string of the molecule is O=C(NCCc1ccccc1)c1ccc(N2C(=O)C3CC=CCC3C2=O)cc1. The topological polar surface area (TPSA) is 66.5 Å². The van der Waals surface area contributed by atoms with Crippen LogP contribution in [0, 0.1) is 11.8 Å². The summed E-state index contributed by atoms with van der Waals surface area (Å²) in [5.74, 6) is -0.949. The standard InChI is InChI=1S/C23H22N2O3/c26-21(24-15-14-16-6-2-1-3-7-16)17-10-12-18(13-11-17)25-22(27)19-8-4-5-9-20(19)23(25)28/h1-7,10-13,19-20H,8-9,14-15H2,(H,24,26). The van der Waals surface area contributed by atoms with Crippen molar-refractivity contribution in [1.29, 1.82) is 0 Å². The van der Waals surface area contributed by atoms with Crippen LogP contribution in [0.4, 0.5) is 5.69 Å². The second-order valence-electron chi connectivity index (χ2n) is 7.21. The second kappa shape index (κ2) is 7.80. The summed E-state index contributed by atoms with van der Waals surface area (Å²) >= 11 is 0. The number of carbonyl (C=O) groups is 3. The van der Waals surface area contributed by atoms with Crippen LogP contribution < -0.4 is 10.2 Å². The maximum absolute atomic E-state index is 12.6. The maximum Gasteiger partial charge on any atom is 0.251 e. The van der Waals surface area contributed by atoms with E-state index in [2.05, 4.69) is 5.32 Å². The molecule has 1 saturated heterocycles. The number of allylic oxidation sites excluding steroid dienone is 2. The van der Waals surface area contributed by atoms with E-state index in [1.807, 2.05) is 42.5 Å². The van der Waals surface area contributed by atoms with Gasteiger partial charge in [0.25, 0.3) is 5.91 Å². The Morgan fingerprint density at radius 2 is 1.50 bits per heavy atom. The van der Waals surface area contributed by atoms with Crippen LogP contribution in [0.15, 0.2) is 66.7 Å². The number of nitrogens with one attached hydrogen (secondary N) is 1. The molecular formula is C23H22N2O3. The first-order chi connectivity index (χ1) is 13.6. The van der Waals surface area contributed by atoms with E-state index in [0.29, 0.717) is 30.6 Å². The molecule has 1 aliphatic carbocycles. The molecule has 4 rings (SSSR count). The summed E-state index contributed by atoms with van der Waals surface area (Å²) in [4.78, 5) is 38.9. The number of nitrogens with zero attached hydrogens (tertiary/aromatic N) is 1. The highest BCUT2D eigenvalue weighted by Gasteiger charge is 2.47. The molecule has 0 aromatic heterocycles. The molecule has 1 aliphatic heterocycles. The lowest BCUT2D eigenvalue weighted by Crippen LogP contribution is -2.31. The number of carbonyl (C=O) groups excluding carboxylic acids is 3. The fourth-order valence-electron chi connectivity index (χ4n) is 3.88. The quantitative estimate of drug-likeness (QED) is 0.646. The largest absolute Gasteiger partial charge is 0.352 e. The number of benzene rings is 2. The number of hydrogen-bond acceptors (Lipinski definition) is 3. The fraction of sp³-hybridized carbons (Fsp3) is 0.261. The molecule has 5 nitrogen and oxygen atoms in total. The van der Waals surface area contributed by atoms with E-state index in [0.717, 1.165) is 6.42 Å². The van der Waals surface area contributed by atoms with E-state index in [1.54, 1.807) is 24.3 Å². The van der Waals surface area contributed by atoms with Crippen molar-refractivity contribution in [2.45, 2.75) is 19.3 Å². The van der Waals surface area contributed by atoms with Crippen LogP contribution in [0.1, 0.15) is 28.8 Å². The van der Waals surface area contributed by atoms with Crippen LogP contribution >= 0.6 is 0 Å². The molecule has 1 N–H and O–H groups in total. The zero-order valence-corrected chi connectivity index (χ0v) is 15.5. The van der Waals surface area contributed by atoms with Crippen molar-refractivity contribution < 1.29 is 14.4 Å². The first kappa shape index (κ1) is 18.2. The van der Waals surface area contributed by atoms with Gasteiger partial charge in [-0.25, -0.2) is 0 Å². The lowest BCUT2D eigenvalue weighted by molar-refractivity contribution is -0.122. The minimum atomic E-state index is -0.251. The summed E-state index contributed by atoms with van der Waals surface area (Å²) in [5, 5.41) is 2.90. The Morgan fingerprint density at radius 1 is 0.893 bits per heavy atom. The molecule has 2 unspecified atom stereocenters. The molecular weight excluding hydrogens is 352 g/mol. The Labute approximate surface area is 164 Å². The molecule has 1 fully saturated rings. The average Bonchev–Trinajstić information content (AvgIpc) is 2.99. The number of imide groups is 1. The highest BCUT2D eigenvalue weighted by Crippen LogP contribution is 2.37. The molecule has 2 aromatic rings. The molecule has 0 bridgehead atoms. The third-order valence-corrected chi connectivity index (χ3v) is 5.44. The minimum absolute atomic E-state index is 0.139. The predicted molar refractivity (Wildman–Crippen MR) is 107 cm³/mol. The smallest absolute Gasteiger partial charge is 0.251 e. The predicted octanol–water partition coefficient (Wildman–Crippen LogP) is 3.11. The summed E-state index contributed by atoms with van der Waals surface area (Å²) in [7, 11) is 0. The van der Waals surface area contributed by atoms with Crippen LogP contribution in [-0.4, -0.2) is 24.3 Å². The van der Waals surface area contributed by atoms with Crippen molar-refractivity contribution >= 4 is 23.4 Å². The summed E-state index contributed by atoms with van der Waals surface area (Å²) in [5.41, 5.74) is 2.21. The molecule has 1 heterocycles. The van der Waals surface area contributed by atoms with Gasteiger partial charge in [-0.05, 0) is 49.1 Å². The Bertz CT molecular complexity index is 893. The minimum Gasteiger partial charge on any atom is -0.352 e. The third kappa shape index (κ3) is 3.48. The monoisotopic (exact) mass is 374 g/mol. The van der Waals surface area contributed by atoms with Crippen molar-refractivity contribution in [3.05, 3.63) is 77.9 Å². The van der Waals surface area contributed by atoms with Crippen molar-refractivity contribution in [3.63, 3.8) is 0 Å². The van der Waals surface area contributed by atoms with Gasteiger partial charge in [-0.3, -0.25) is 19.3 Å². The van der Waals surface area contributed by atoms with E-state index in [-0.39, 0.29) is 29.6 Å². The van der Waals surface area contributed by atoms with Crippen molar-refractivity contribution in [1.82, 2.24) is 5.32 Å². The second-order valence-corrected chi connectivity index (χ2v) is 7.21. The molecule has 142 valence electrons. The van der Waals surface area contributed by atoms with E-state index in [4.69, 9.17) is 0 Å². The molecule has 0 saturated carbocycles. The Morgan fingerprint density at radius 3 is 2.11 bits per heavy atom. The fourth-order valence-corrected chi connectivity index (χ4v) is 3.88. The molecule has 0 radical (unpaired) electrons. The molecule has 0 spiro atoms. The summed E-state index contributed by atoms with van der Waals surface area (Å²) in [6.07, 6.45) is 5.94. The Hall–Kier alpha value is -3.21. The van der Waals surface area contributed by atoms with Gasteiger partial charge in [0.15, 0.2) is 0 Å².